The molecule has 3 rings (SSSR count). The maximum absolute atomic E-state index is 4.60. The van der Waals surface area contributed by atoms with Gasteiger partial charge in [0.1, 0.15) is 5.69 Å². The minimum atomic E-state index is 0.450. The van der Waals surface area contributed by atoms with Gasteiger partial charge in [-0.05, 0) is 29.0 Å². The molecule has 120 valence electrons. The normalized spacial score (nSPS) is 11.6. The van der Waals surface area contributed by atoms with Crippen LogP contribution in [0, 0.1) is 0 Å². The van der Waals surface area contributed by atoms with Crippen molar-refractivity contribution in [3.05, 3.63) is 54.0 Å². The van der Waals surface area contributed by atoms with Crippen molar-refractivity contribution in [1.82, 2.24) is 19.3 Å². The highest BCUT2D eigenvalue weighted by atomic mass is 15.3. The van der Waals surface area contributed by atoms with Gasteiger partial charge in [-0.25, -0.2) is 4.98 Å². The zero-order chi connectivity index (χ0) is 16.6. The van der Waals surface area contributed by atoms with Crippen LogP contribution in [0.4, 0.5) is 0 Å². The molecule has 0 radical (unpaired) electrons. The van der Waals surface area contributed by atoms with Gasteiger partial charge in [0.25, 0.3) is 0 Å². The molecular formula is C19H24N4. The summed E-state index contributed by atoms with van der Waals surface area (Å²) in [6, 6.07) is 8.61. The molecule has 0 atom stereocenters. The summed E-state index contributed by atoms with van der Waals surface area (Å²) < 4.78 is 4.08. The van der Waals surface area contributed by atoms with E-state index in [4.69, 9.17) is 0 Å². The van der Waals surface area contributed by atoms with E-state index in [0.717, 1.165) is 11.5 Å². The molecule has 0 bridgehead atoms. The lowest BCUT2D eigenvalue weighted by Gasteiger charge is -2.21. The van der Waals surface area contributed by atoms with Crippen LogP contribution in [0.5, 0.6) is 0 Å². The van der Waals surface area contributed by atoms with Gasteiger partial charge in [0, 0.05) is 25.6 Å². The second-order valence-electron chi connectivity index (χ2n) is 6.56. The first kappa shape index (κ1) is 15.5. The molecule has 0 saturated heterocycles. The smallest absolute Gasteiger partial charge is 0.162 e. The fourth-order valence-electron chi connectivity index (χ4n) is 3.06. The first-order valence-electron chi connectivity index (χ1n) is 8.15. The van der Waals surface area contributed by atoms with Crippen molar-refractivity contribution in [3.63, 3.8) is 0 Å². The average molecular weight is 308 g/mol. The predicted octanol–water partition coefficient (Wildman–Crippen LogP) is 4.52. The zero-order valence-electron chi connectivity index (χ0n) is 14.5. The van der Waals surface area contributed by atoms with Crippen LogP contribution in [0.25, 0.3) is 17.2 Å². The van der Waals surface area contributed by atoms with Crippen LogP contribution in [-0.4, -0.2) is 19.3 Å². The minimum absolute atomic E-state index is 0.450. The van der Waals surface area contributed by atoms with Crippen molar-refractivity contribution in [1.29, 1.82) is 0 Å². The summed E-state index contributed by atoms with van der Waals surface area (Å²) in [6.07, 6.45) is 5.73. The highest BCUT2D eigenvalue weighted by Crippen LogP contribution is 2.33. The molecular weight excluding hydrogens is 284 g/mol. The molecule has 23 heavy (non-hydrogen) atoms. The van der Waals surface area contributed by atoms with Crippen LogP contribution in [-0.2, 0) is 7.05 Å². The van der Waals surface area contributed by atoms with Gasteiger partial charge in [-0.3, -0.25) is 9.25 Å². The second-order valence-corrected chi connectivity index (χ2v) is 6.56. The lowest BCUT2D eigenvalue weighted by molar-refractivity contribution is 0.763. The van der Waals surface area contributed by atoms with Crippen molar-refractivity contribution in [2.45, 2.75) is 39.5 Å². The topological polar surface area (TPSA) is 35.6 Å². The lowest BCUT2D eigenvalue weighted by Crippen LogP contribution is -2.09. The highest BCUT2D eigenvalue weighted by molar-refractivity contribution is 5.59. The standard InChI is InChI=1S/C19H24N4/c1-13(2)15-7-6-8-16(14(3)4)18(15)23-12-11-20-19(23)17-9-10-21-22(17)5/h6-14H,1-5H3. The van der Waals surface area contributed by atoms with Crippen LogP contribution in [0.3, 0.4) is 0 Å². The third kappa shape index (κ3) is 2.69. The minimum Gasteiger partial charge on any atom is -0.298 e. The molecule has 0 aliphatic heterocycles. The Balaban J connectivity index is 2.28. The zero-order valence-corrected chi connectivity index (χ0v) is 14.5. The molecule has 0 unspecified atom stereocenters. The second kappa shape index (κ2) is 6.03. The SMILES string of the molecule is CC(C)c1cccc(C(C)C)c1-n1ccnc1-c1ccnn1C. The first-order chi connectivity index (χ1) is 11.0. The number of nitrogens with zero attached hydrogens (tertiary/aromatic N) is 4. The van der Waals surface area contributed by atoms with E-state index in [2.05, 4.69) is 66.7 Å². The van der Waals surface area contributed by atoms with E-state index >= 15 is 0 Å². The molecule has 1 aromatic carbocycles. The Bertz CT molecular complexity index is 782. The fraction of sp³-hybridized carbons (Fsp3) is 0.368. The van der Waals surface area contributed by atoms with E-state index in [1.54, 1.807) is 0 Å². The molecule has 3 aromatic rings. The summed E-state index contributed by atoms with van der Waals surface area (Å²) in [5.41, 5.74) is 4.96. The molecule has 0 N–H and O–H groups in total. The lowest BCUT2D eigenvalue weighted by atomic mass is 9.92. The van der Waals surface area contributed by atoms with Crippen LogP contribution in [0.2, 0.25) is 0 Å². The predicted molar refractivity (Wildman–Crippen MR) is 93.9 cm³/mol. The number of benzene rings is 1. The molecule has 0 aliphatic rings. The number of hydrogen-bond acceptors (Lipinski definition) is 2. The van der Waals surface area contributed by atoms with Gasteiger partial charge in [-0.1, -0.05) is 45.9 Å². The highest BCUT2D eigenvalue weighted by Gasteiger charge is 2.19. The Hall–Kier alpha value is -2.36. The van der Waals surface area contributed by atoms with Crippen LogP contribution >= 0.6 is 0 Å². The van der Waals surface area contributed by atoms with Crippen LogP contribution in [0.1, 0.15) is 50.7 Å². The monoisotopic (exact) mass is 308 g/mol. The summed E-state index contributed by atoms with van der Waals surface area (Å²) >= 11 is 0. The summed E-state index contributed by atoms with van der Waals surface area (Å²) in [7, 11) is 1.95. The average Bonchev–Trinajstić information content (AvgIpc) is 3.14. The maximum atomic E-state index is 4.60. The summed E-state index contributed by atoms with van der Waals surface area (Å²) in [4.78, 5) is 4.60. The van der Waals surface area contributed by atoms with Crippen molar-refractivity contribution in [2.24, 2.45) is 7.05 Å². The molecule has 2 heterocycles. The largest absolute Gasteiger partial charge is 0.298 e. The first-order valence-corrected chi connectivity index (χ1v) is 8.15. The quantitative estimate of drug-likeness (QED) is 0.710. The molecule has 0 spiro atoms. The van der Waals surface area contributed by atoms with Crippen molar-refractivity contribution in [3.8, 4) is 17.2 Å². The molecule has 0 amide bonds. The van der Waals surface area contributed by atoms with Gasteiger partial charge < -0.3 is 0 Å². The fourth-order valence-corrected chi connectivity index (χ4v) is 3.06. The third-order valence-corrected chi connectivity index (χ3v) is 4.27. The number of para-hydroxylation sites is 1. The Morgan fingerprint density at radius 2 is 1.57 bits per heavy atom. The van der Waals surface area contributed by atoms with E-state index in [1.807, 2.05) is 30.2 Å². The van der Waals surface area contributed by atoms with Gasteiger partial charge in [-0.2, -0.15) is 5.10 Å². The maximum Gasteiger partial charge on any atom is 0.162 e. The van der Waals surface area contributed by atoms with E-state index < -0.39 is 0 Å². The van der Waals surface area contributed by atoms with Gasteiger partial charge in [0.05, 0.1) is 5.69 Å². The number of rotatable bonds is 4. The van der Waals surface area contributed by atoms with E-state index in [9.17, 15) is 0 Å². The van der Waals surface area contributed by atoms with Gasteiger partial charge in [-0.15, -0.1) is 0 Å². The Kier molecular flexibility index (Phi) is 4.07. The van der Waals surface area contributed by atoms with E-state index in [1.165, 1.54) is 16.8 Å². The molecule has 0 saturated carbocycles. The Morgan fingerprint density at radius 3 is 2.09 bits per heavy atom. The van der Waals surface area contributed by atoms with Crippen LogP contribution < -0.4 is 0 Å². The number of hydrogen-bond donors (Lipinski definition) is 0. The van der Waals surface area contributed by atoms with Gasteiger partial charge in [0.15, 0.2) is 5.82 Å². The van der Waals surface area contributed by atoms with Crippen molar-refractivity contribution < 1.29 is 0 Å². The van der Waals surface area contributed by atoms with Crippen LogP contribution in [0.15, 0.2) is 42.9 Å². The number of aryl methyl sites for hydroxylation is 1. The van der Waals surface area contributed by atoms with E-state index in [-0.39, 0.29) is 0 Å². The third-order valence-electron chi connectivity index (χ3n) is 4.27. The number of imidazole rings is 1. The summed E-state index contributed by atoms with van der Waals surface area (Å²) in [6.45, 7) is 8.96. The van der Waals surface area contributed by atoms with Crippen molar-refractivity contribution >= 4 is 0 Å². The summed E-state index contributed by atoms with van der Waals surface area (Å²) in [5, 5.41) is 4.29. The van der Waals surface area contributed by atoms with E-state index in [0.29, 0.717) is 11.8 Å². The Labute approximate surface area is 137 Å². The van der Waals surface area contributed by atoms with Crippen molar-refractivity contribution in [2.75, 3.05) is 0 Å². The molecule has 4 heteroatoms. The molecule has 4 nitrogen and oxygen atoms in total. The summed E-state index contributed by atoms with van der Waals surface area (Å²) in [5.74, 6) is 1.83. The van der Waals surface area contributed by atoms with Gasteiger partial charge in [0.2, 0.25) is 0 Å². The molecule has 2 aromatic heterocycles. The van der Waals surface area contributed by atoms with Gasteiger partial charge >= 0.3 is 0 Å². The molecule has 0 fully saturated rings. The molecule has 0 aliphatic carbocycles. The number of aromatic nitrogens is 4. The Morgan fingerprint density at radius 1 is 0.913 bits per heavy atom.